The number of thiophene rings is 1. The zero-order valence-electron chi connectivity index (χ0n) is 9.67. The summed E-state index contributed by atoms with van der Waals surface area (Å²) in [5.74, 6) is 2.75. The average molecular weight is 336 g/mol. The molecule has 0 aliphatic rings. The standard InChI is InChI=1S/C12H16BrClN2S/c1-3-5-8(4-2)16-10(7-15)11-6-9(13)12(14)17-11/h2,6,8,10,16H,3,5,7,15H2,1H3. The van der Waals surface area contributed by atoms with Crippen LogP contribution in [0.1, 0.15) is 30.7 Å². The van der Waals surface area contributed by atoms with Gasteiger partial charge in [-0.25, -0.2) is 0 Å². The molecule has 2 atom stereocenters. The van der Waals surface area contributed by atoms with Gasteiger partial charge in [0.1, 0.15) is 4.34 Å². The van der Waals surface area contributed by atoms with E-state index in [2.05, 4.69) is 34.1 Å². The Hall–Kier alpha value is -0.0500. The number of nitrogens with two attached hydrogens (primary N) is 1. The summed E-state index contributed by atoms with van der Waals surface area (Å²) in [5, 5.41) is 3.38. The molecule has 0 radical (unpaired) electrons. The van der Waals surface area contributed by atoms with E-state index in [-0.39, 0.29) is 12.1 Å². The van der Waals surface area contributed by atoms with Crippen LogP contribution in [0, 0.1) is 12.3 Å². The van der Waals surface area contributed by atoms with Crippen molar-refractivity contribution in [3.8, 4) is 12.3 Å². The van der Waals surface area contributed by atoms with Crippen LogP contribution in [0.15, 0.2) is 10.5 Å². The molecular weight excluding hydrogens is 320 g/mol. The minimum absolute atomic E-state index is 0.0631. The molecule has 3 N–H and O–H groups in total. The van der Waals surface area contributed by atoms with Gasteiger partial charge in [-0.3, -0.25) is 5.32 Å². The molecule has 1 aromatic heterocycles. The molecule has 0 aliphatic carbocycles. The molecule has 1 rings (SSSR count). The van der Waals surface area contributed by atoms with E-state index in [0.717, 1.165) is 26.5 Å². The van der Waals surface area contributed by atoms with Crippen molar-refractivity contribution in [2.75, 3.05) is 6.54 Å². The van der Waals surface area contributed by atoms with Crippen molar-refractivity contribution in [1.82, 2.24) is 5.32 Å². The number of terminal acetylenes is 1. The first-order chi connectivity index (χ1) is 8.12. The SMILES string of the molecule is C#CC(CCC)NC(CN)c1cc(Br)c(Cl)s1. The molecule has 0 fully saturated rings. The quantitative estimate of drug-likeness (QED) is 0.780. The Labute approximate surface area is 120 Å². The molecule has 0 spiro atoms. The summed E-state index contributed by atoms with van der Waals surface area (Å²) in [6, 6.07) is 2.13. The van der Waals surface area contributed by atoms with Crippen LogP contribution < -0.4 is 11.1 Å². The Morgan fingerprint density at radius 3 is 2.82 bits per heavy atom. The summed E-state index contributed by atoms with van der Waals surface area (Å²) < 4.78 is 1.65. The lowest BCUT2D eigenvalue weighted by Crippen LogP contribution is -2.35. The Morgan fingerprint density at radius 1 is 1.71 bits per heavy atom. The average Bonchev–Trinajstić information content (AvgIpc) is 2.64. The first-order valence-electron chi connectivity index (χ1n) is 5.49. The van der Waals surface area contributed by atoms with Crippen molar-refractivity contribution in [3.63, 3.8) is 0 Å². The van der Waals surface area contributed by atoms with E-state index in [1.807, 2.05) is 6.07 Å². The molecule has 1 aromatic rings. The van der Waals surface area contributed by atoms with Gasteiger partial charge in [-0.1, -0.05) is 30.9 Å². The molecule has 0 aromatic carbocycles. The van der Waals surface area contributed by atoms with Gasteiger partial charge in [-0.05, 0) is 28.4 Å². The van der Waals surface area contributed by atoms with E-state index >= 15 is 0 Å². The molecule has 0 amide bonds. The normalized spacial score (nSPS) is 14.3. The largest absolute Gasteiger partial charge is 0.329 e. The third-order valence-corrected chi connectivity index (χ3v) is 5.01. The van der Waals surface area contributed by atoms with Crippen LogP contribution in [0.25, 0.3) is 0 Å². The highest BCUT2D eigenvalue weighted by Gasteiger charge is 2.17. The maximum atomic E-state index is 6.02. The Bertz CT molecular complexity index is 380. The predicted molar refractivity (Wildman–Crippen MR) is 79.5 cm³/mol. The Kier molecular flexibility index (Phi) is 6.53. The lowest BCUT2D eigenvalue weighted by atomic mass is 10.1. The fourth-order valence-electron chi connectivity index (χ4n) is 1.55. The molecule has 0 bridgehead atoms. The number of halogens is 2. The molecule has 1 heterocycles. The third-order valence-electron chi connectivity index (χ3n) is 2.42. The number of nitrogens with one attached hydrogen (secondary N) is 1. The van der Waals surface area contributed by atoms with Crippen LogP contribution in [0.5, 0.6) is 0 Å². The number of hydrogen-bond acceptors (Lipinski definition) is 3. The van der Waals surface area contributed by atoms with Crippen molar-refractivity contribution >= 4 is 38.9 Å². The highest BCUT2D eigenvalue weighted by atomic mass is 79.9. The van der Waals surface area contributed by atoms with Gasteiger partial charge in [0.15, 0.2) is 0 Å². The van der Waals surface area contributed by atoms with Gasteiger partial charge < -0.3 is 5.73 Å². The van der Waals surface area contributed by atoms with E-state index in [9.17, 15) is 0 Å². The monoisotopic (exact) mass is 334 g/mol. The molecule has 0 saturated heterocycles. The van der Waals surface area contributed by atoms with Gasteiger partial charge in [0.25, 0.3) is 0 Å². The van der Waals surface area contributed by atoms with E-state index in [1.54, 1.807) is 0 Å². The van der Waals surface area contributed by atoms with E-state index in [1.165, 1.54) is 11.3 Å². The van der Waals surface area contributed by atoms with Crippen LogP contribution in [0.3, 0.4) is 0 Å². The second kappa shape index (κ2) is 7.40. The zero-order valence-corrected chi connectivity index (χ0v) is 12.8. The maximum Gasteiger partial charge on any atom is 0.107 e. The minimum atomic E-state index is 0.0631. The van der Waals surface area contributed by atoms with Gasteiger partial charge in [-0.15, -0.1) is 17.8 Å². The summed E-state index contributed by atoms with van der Waals surface area (Å²) in [6.45, 7) is 2.62. The summed E-state index contributed by atoms with van der Waals surface area (Å²) in [6.07, 6.45) is 7.49. The Balaban J connectivity index is 2.75. The van der Waals surface area contributed by atoms with Crippen molar-refractivity contribution in [2.45, 2.75) is 31.8 Å². The van der Waals surface area contributed by atoms with Crippen LogP contribution in [0.4, 0.5) is 0 Å². The maximum absolute atomic E-state index is 6.02. The Morgan fingerprint density at radius 2 is 2.41 bits per heavy atom. The minimum Gasteiger partial charge on any atom is -0.329 e. The highest BCUT2D eigenvalue weighted by molar-refractivity contribution is 9.10. The van der Waals surface area contributed by atoms with Crippen molar-refractivity contribution in [3.05, 3.63) is 19.8 Å². The zero-order chi connectivity index (χ0) is 12.8. The van der Waals surface area contributed by atoms with E-state index in [0.29, 0.717) is 6.54 Å². The summed E-state index contributed by atoms with van der Waals surface area (Å²) in [7, 11) is 0. The number of hydrogen-bond donors (Lipinski definition) is 2. The van der Waals surface area contributed by atoms with Crippen LogP contribution in [-0.4, -0.2) is 12.6 Å². The topological polar surface area (TPSA) is 38.0 Å². The van der Waals surface area contributed by atoms with Crippen LogP contribution in [0.2, 0.25) is 4.34 Å². The molecule has 0 aliphatic heterocycles. The van der Waals surface area contributed by atoms with E-state index in [4.69, 9.17) is 23.8 Å². The number of rotatable bonds is 6. The molecule has 17 heavy (non-hydrogen) atoms. The lowest BCUT2D eigenvalue weighted by molar-refractivity contribution is 0.480. The van der Waals surface area contributed by atoms with E-state index < -0.39 is 0 Å². The fourth-order valence-corrected chi connectivity index (χ4v) is 3.36. The molecule has 94 valence electrons. The summed E-state index contributed by atoms with van der Waals surface area (Å²) in [4.78, 5) is 1.11. The predicted octanol–water partition coefficient (Wildman–Crippen LogP) is 3.56. The lowest BCUT2D eigenvalue weighted by Gasteiger charge is -2.20. The van der Waals surface area contributed by atoms with Crippen LogP contribution in [-0.2, 0) is 0 Å². The fraction of sp³-hybridized carbons (Fsp3) is 0.500. The van der Waals surface area contributed by atoms with Crippen molar-refractivity contribution in [1.29, 1.82) is 0 Å². The van der Waals surface area contributed by atoms with Crippen LogP contribution >= 0.6 is 38.9 Å². The van der Waals surface area contributed by atoms with Gasteiger partial charge >= 0.3 is 0 Å². The first kappa shape index (κ1) is 15.0. The second-order valence-electron chi connectivity index (χ2n) is 3.73. The van der Waals surface area contributed by atoms with Crippen molar-refractivity contribution < 1.29 is 0 Å². The molecule has 2 unspecified atom stereocenters. The molecule has 2 nitrogen and oxygen atoms in total. The highest BCUT2D eigenvalue weighted by Crippen LogP contribution is 2.35. The smallest absolute Gasteiger partial charge is 0.107 e. The van der Waals surface area contributed by atoms with Gasteiger partial charge in [0, 0.05) is 15.9 Å². The first-order valence-corrected chi connectivity index (χ1v) is 7.48. The summed E-state index contributed by atoms with van der Waals surface area (Å²) >= 11 is 10.9. The van der Waals surface area contributed by atoms with Gasteiger partial charge in [0.2, 0.25) is 0 Å². The summed E-state index contributed by atoms with van der Waals surface area (Å²) in [5.41, 5.74) is 5.78. The van der Waals surface area contributed by atoms with Gasteiger partial charge in [-0.2, -0.15) is 0 Å². The third kappa shape index (κ3) is 4.27. The molecule has 5 heteroatoms. The van der Waals surface area contributed by atoms with Gasteiger partial charge in [0.05, 0.1) is 12.1 Å². The molecular formula is C12H16BrClN2S. The van der Waals surface area contributed by atoms with Crippen molar-refractivity contribution in [2.24, 2.45) is 5.73 Å². The molecule has 0 saturated carbocycles. The second-order valence-corrected chi connectivity index (χ2v) is 6.27.